The molecule has 1 fully saturated rings. The number of hydrogen-bond donors (Lipinski definition) is 2. The van der Waals surface area contributed by atoms with Crippen molar-refractivity contribution in [3.63, 3.8) is 0 Å². The average Bonchev–Trinajstić information content (AvgIpc) is 3.26. The molecule has 2 heterocycles. The van der Waals surface area contributed by atoms with Gasteiger partial charge in [-0.2, -0.15) is 0 Å². The summed E-state index contributed by atoms with van der Waals surface area (Å²) in [6.45, 7) is 0.129. The number of rotatable bonds is 9. The van der Waals surface area contributed by atoms with Crippen molar-refractivity contribution in [1.82, 2.24) is 15.2 Å². The molecule has 0 radical (unpaired) electrons. The van der Waals surface area contributed by atoms with Gasteiger partial charge >= 0.3 is 0 Å². The van der Waals surface area contributed by atoms with Gasteiger partial charge in [-0.1, -0.05) is 25.3 Å². The van der Waals surface area contributed by atoms with E-state index in [1.165, 1.54) is 17.6 Å². The number of pyridine rings is 1. The largest absolute Gasteiger partial charge is 0.467 e. The quantitative estimate of drug-likeness (QED) is 0.659. The van der Waals surface area contributed by atoms with Crippen molar-refractivity contribution in [3.05, 3.63) is 48.6 Å². The van der Waals surface area contributed by atoms with E-state index in [0.717, 1.165) is 25.7 Å². The Balaban J connectivity index is 1.53. The molecule has 0 saturated heterocycles. The summed E-state index contributed by atoms with van der Waals surface area (Å²) < 4.78 is 5.34. The van der Waals surface area contributed by atoms with Crippen molar-refractivity contribution < 1.29 is 18.8 Å². The molecule has 0 aliphatic heterocycles. The van der Waals surface area contributed by atoms with Crippen LogP contribution in [0.4, 0.5) is 5.82 Å². The van der Waals surface area contributed by atoms with Crippen LogP contribution in [0.2, 0.25) is 0 Å². The number of nitrogens with zero attached hydrogens (tertiary/aromatic N) is 2. The lowest BCUT2D eigenvalue weighted by Gasteiger charge is -2.26. The van der Waals surface area contributed by atoms with Crippen molar-refractivity contribution >= 4 is 23.5 Å². The Hall–Kier alpha value is -3.16. The van der Waals surface area contributed by atoms with Crippen molar-refractivity contribution in [3.8, 4) is 0 Å². The minimum absolute atomic E-state index is 0.00388. The highest BCUT2D eigenvalue weighted by atomic mass is 16.3. The standard InChI is InChI=1S/C22H28N4O4/c27-20(25-19-10-4-5-13-23-19)11-12-22(29)26(15-18-9-6-14-30-18)16-21(28)24-17-7-2-1-3-8-17/h4-6,9-10,13-14,17H,1-3,7-8,11-12,15-16H2,(H,24,28)(H,23,25,27). The van der Waals surface area contributed by atoms with E-state index >= 15 is 0 Å². The summed E-state index contributed by atoms with van der Waals surface area (Å²) in [6, 6.07) is 8.87. The smallest absolute Gasteiger partial charge is 0.239 e. The van der Waals surface area contributed by atoms with E-state index < -0.39 is 0 Å². The molecule has 3 rings (SSSR count). The number of hydrogen-bond acceptors (Lipinski definition) is 5. The number of carbonyl (C=O) groups excluding carboxylic acids is 3. The molecule has 8 nitrogen and oxygen atoms in total. The molecule has 8 heteroatoms. The van der Waals surface area contributed by atoms with Gasteiger partial charge in [0.25, 0.3) is 0 Å². The van der Waals surface area contributed by atoms with Crippen LogP contribution in [-0.4, -0.2) is 40.2 Å². The molecule has 0 aromatic carbocycles. The van der Waals surface area contributed by atoms with Crippen LogP contribution < -0.4 is 10.6 Å². The van der Waals surface area contributed by atoms with Crippen LogP contribution >= 0.6 is 0 Å². The molecule has 1 saturated carbocycles. The van der Waals surface area contributed by atoms with Crippen molar-refractivity contribution in [1.29, 1.82) is 0 Å². The first-order chi connectivity index (χ1) is 14.6. The number of aromatic nitrogens is 1. The fourth-order valence-electron chi connectivity index (χ4n) is 3.54. The predicted molar refractivity (Wildman–Crippen MR) is 111 cm³/mol. The Labute approximate surface area is 176 Å². The lowest BCUT2D eigenvalue weighted by Crippen LogP contribution is -2.44. The monoisotopic (exact) mass is 412 g/mol. The van der Waals surface area contributed by atoms with Gasteiger partial charge < -0.3 is 20.0 Å². The third-order valence-corrected chi connectivity index (χ3v) is 5.08. The van der Waals surface area contributed by atoms with E-state index in [1.54, 1.807) is 36.5 Å². The van der Waals surface area contributed by atoms with Crippen LogP contribution in [0.1, 0.15) is 50.7 Å². The number of carbonyl (C=O) groups is 3. The summed E-state index contributed by atoms with van der Waals surface area (Å²) in [5.74, 6) is 0.272. The molecule has 1 aliphatic carbocycles. The molecule has 2 aromatic heterocycles. The SMILES string of the molecule is O=C(CCC(=O)N(CC(=O)NC1CCCCC1)Cc1ccco1)Nc1ccccn1. The van der Waals surface area contributed by atoms with Crippen LogP contribution in [0, 0.1) is 0 Å². The van der Waals surface area contributed by atoms with Gasteiger partial charge in [-0.05, 0) is 37.1 Å². The topological polar surface area (TPSA) is 105 Å². The molecule has 2 N–H and O–H groups in total. The second-order valence-corrected chi connectivity index (χ2v) is 7.49. The van der Waals surface area contributed by atoms with Crippen LogP contribution in [0.15, 0.2) is 47.2 Å². The minimum atomic E-state index is -0.299. The molecular weight excluding hydrogens is 384 g/mol. The van der Waals surface area contributed by atoms with E-state index in [4.69, 9.17) is 4.42 Å². The predicted octanol–water partition coefficient (Wildman–Crippen LogP) is 2.87. The first-order valence-electron chi connectivity index (χ1n) is 10.4. The summed E-state index contributed by atoms with van der Waals surface area (Å²) in [4.78, 5) is 42.9. The van der Waals surface area contributed by atoms with Gasteiger partial charge in [0, 0.05) is 25.1 Å². The zero-order valence-corrected chi connectivity index (χ0v) is 17.0. The van der Waals surface area contributed by atoms with E-state index in [2.05, 4.69) is 15.6 Å². The Morgan fingerprint density at radius 2 is 1.87 bits per heavy atom. The lowest BCUT2D eigenvalue weighted by molar-refractivity contribution is -0.138. The van der Waals surface area contributed by atoms with Crippen LogP contribution in [-0.2, 0) is 20.9 Å². The Morgan fingerprint density at radius 1 is 1.03 bits per heavy atom. The average molecular weight is 412 g/mol. The number of furan rings is 1. The fraction of sp³-hybridized carbons (Fsp3) is 0.455. The van der Waals surface area contributed by atoms with Crippen molar-refractivity contribution in [2.75, 3.05) is 11.9 Å². The first-order valence-corrected chi connectivity index (χ1v) is 10.4. The number of nitrogens with one attached hydrogen (secondary N) is 2. The van der Waals surface area contributed by atoms with Gasteiger partial charge in [0.2, 0.25) is 17.7 Å². The highest BCUT2D eigenvalue weighted by molar-refractivity contribution is 5.93. The molecule has 160 valence electrons. The van der Waals surface area contributed by atoms with Gasteiger partial charge in [-0.3, -0.25) is 14.4 Å². The Morgan fingerprint density at radius 3 is 2.57 bits per heavy atom. The van der Waals surface area contributed by atoms with Gasteiger partial charge in [-0.15, -0.1) is 0 Å². The maximum absolute atomic E-state index is 12.8. The molecular formula is C22H28N4O4. The summed E-state index contributed by atoms with van der Waals surface area (Å²) in [7, 11) is 0. The molecule has 0 unspecified atom stereocenters. The number of anilines is 1. The van der Waals surface area contributed by atoms with Gasteiger partial charge in [0.1, 0.15) is 11.6 Å². The highest BCUT2D eigenvalue weighted by Gasteiger charge is 2.22. The first kappa shape index (κ1) is 21.5. The van der Waals surface area contributed by atoms with Crippen molar-refractivity contribution in [2.45, 2.75) is 57.5 Å². The Kier molecular flexibility index (Phi) is 8.00. The van der Waals surface area contributed by atoms with E-state index in [0.29, 0.717) is 11.6 Å². The second-order valence-electron chi connectivity index (χ2n) is 7.49. The molecule has 1 aliphatic rings. The maximum atomic E-state index is 12.8. The minimum Gasteiger partial charge on any atom is -0.467 e. The molecule has 0 bridgehead atoms. The zero-order chi connectivity index (χ0) is 21.2. The summed E-state index contributed by atoms with van der Waals surface area (Å²) in [6.07, 6.45) is 8.51. The lowest BCUT2D eigenvalue weighted by atomic mass is 9.95. The van der Waals surface area contributed by atoms with Crippen LogP contribution in [0.25, 0.3) is 0 Å². The summed E-state index contributed by atoms with van der Waals surface area (Å²) >= 11 is 0. The van der Waals surface area contributed by atoms with Gasteiger partial charge in [0.05, 0.1) is 19.4 Å². The van der Waals surface area contributed by atoms with Crippen LogP contribution in [0.5, 0.6) is 0 Å². The summed E-state index contributed by atoms with van der Waals surface area (Å²) in [5.41, 5.74) is 0. The normalized spacial score (nSPS) is 14.1. The van der Waals surface area contributed by atoms with Crippen molar-refractivity contribution in [2.24, 2.45) is 0 Å². The molecule has 2 aromatic rings. The zero-order valence-electron chi connectivity index (χ0n) is 17.0. The van der Waals surface area contributed by atoms with Gasteiger partial charge in [-0.25, -0.2) is 4.98 Å². The van der Waals surface area contributed by atoms with Gasteiger partial charge in [0.15, 0.2) is 0 Å². The van der Waals surface area contributed by atoms with E-state index in [1.807, 2.05) is 0 Å². The maximum Gasteiger partial charge on any atom is 0.239 e. The number of amides is 3. The fourth-order valence-corrected chi connectivity index (χ4v) is 3.54. The third kappa shape index (κ3) is 7.02. The molecule has 0 spiro atoms. The highest BCUT2D eigenvalue weighted by Crippen LogP contribution is 2.17. The molecule has 3 amide bonds. The molecule has 30 heavy (non-hydrogen) atoms. The van der Waals surface area contributed by atoms with E-state index in [-0.39, 0.29) is 49.7 Å². The Bertz CT molecular complexity index is 817. The molecule has 0 atom stereocenters. The van der Waals surface area contributed by atoms with E-state index in [9.17, 15) is 14.4 Å². The second kappa shape index (κ2) is 11.1. The summed E-state index contributed by atoms with van der Waals surface area (Å²) in [5, 5.41) is 5.69. The van der Waals surface area contributed by atoms with Crippen LogP contribution in [0.3, 0.4) is 0 Å². The third-order valence-electron chi connectivity index (χ3n) is 5.08.